The Morgan fingerprint density at radius 1 is 1.33 bits per heavy atom. The van der Waals surface area contributed by atoms with Gasteiger partial charge in [-0.25, -0.2) is 0 Å². The van der Waals surface area contributed by atoms with Gasteiger partial charge in [-0.2, -0.15) is 10.1 Å². The normalized spacial score (nSPS) is 18.5. The largest absolute Gasteiger partial charge is 0.383 e. The van der Waals surface area contributed by atoms with E-state index >= 15 is 0 Å². The topological polar surface area (TPSA) is 103 Å². The van der Waals surface area contributed by atoms with E-state index in [1.165, 1.54) is 12.8 Å². The van der Waals surface area contributed by atoms with Gasteiger partial charge in [0.05, 0.1) is 6.20 Å². The molecule has 0 amide bonds. The zero-order valence-corrected chi connectivity index (χ0v) is 12.3. The van der Waals surface area contributed by atoms with Crippen LogP contribution >= 0.6 is 0 Å². The zero-order chi connectivity index (χ0) is 14.7. The van der Waals surface area contributed by atoms with Gasteiger partial charge in [0.1, 0.15) is 17.0 Å². The number of H-pyrrole nitrogens is 1. The summed E-state index contributed by atoms with van der Waals surface area (Å²) in [7, 11) is 0. The average molecular weight is 291 g/mol. The summed E-state index contributed by atoms with van der Waals surface area (Å²) in [5, 5.41) is 10.7. The molecule has 2 heterocycles. The highest BCUT2D eigenvalue weighted by molar-refractivity contribution is 5.65. The van der Waals surface area contributed by atoms with Crippen LogP contribution in [0.3, 0.4) is 0 Å². The van der Waals surface area contributed by atoms with Gasteiger partial charge in [0.15, 0.2) is 0 Å². The molecule has 1 fully saturated rings. The minimum atomic E-state index is -0.425. The molecule has 2 aromatic heterocycles. The fraction of sp³-hybridized carbons (Fsp3) is 0.643. The van der Waals surface area contributed by atoms with Crippen molar-refractivity contribution in [3.8, 4) is 11.5 Å². The lowest BCUT2D eigenvalue weighted by Crippen LogP contribution is -2.30. The molecule has 3 N–H and O–H groups in total. The Bertz CT molecular complexity index is 584. The van der Waals surface area contributed by atoms with E-state index in [1.54, 1.807) is 6.20 Å². The Labute approximate surface area is 123 Å². The van der Waals surface area contributed by atoms with Crippen LogP contribution < -0.4 is 5.73 Å². The van der Waals surface area contributed by atoms with Crippen LogP contribution in [-0.2, 0) is 10.3 Å². The summed E-state index contributed by atoms with van der Waals surface area (Å²) in [6.07, 6.45) is 8.16. The van der Waals surface area contributed by atoms with Crippen molar-refractivity contribution in [3.05, 3.63) is 12.0 Å². The number of nitrogen functional groups attached to an aromatic ring is 1. The third-order valence-electron chi connectivity index (χ3n) is 4.06. The van der Waals surface area contributed by atoms with Gasteiger partial charge in [0.2, 0.25) is 5.82 Å². The predicted octanol–water partition coefficient (Wildman–Crippen LogP) is 2.63. The molecule has 1 saturated carbocycles. The van der Waals surface area contributed by atoms with Crippen LogP contribution in [-0.4, -0.2) is 26.9 Å². The minimum Gasteiger partial charge on any atom is -0.383 e. The molecule has 0 atom stereocenters. The SMILES string of the molecule is CCOC1(c2noc(-c3cn[nH]c3N)n2)CCCCCC1. The maximum absolute atomic E-state index is 6.06. The van der Waals surface area contributed by atoms with E-state index in [2.05, 4.69) is 20.3 Å². The lowest BCUT2D eigenvalue weighted by atomic mass is 9.93. The Balaban J connectivity index is 1.93. The molecule has 2 aromatic rings. The molecular weight excluding hydrogens is 270 g/mol. The van der Waals surface area contributed by atoms with Crippen LogP contribution in [0.15, 0.2) is 10.7 Å². The predicted molar refractivity (Wildman–Crippen MR) is 77.3 cm³/mol. The van der Waals surface area contributed by atoms with Crippen molar-refractivity contribution in [2.45, 2.75) is 51.0 Å². The Morgan fingerprint density at radius 2 is 2.10 bits per heavy atom. The van der Waals surface area contributed by atoms with Gasteiger partial charge >= 0.3 is 0 Å². The molecule has 21 heavy (non-hydrogen) atoms. The van der Waals surface area contributed by atoms with Crippen LogP contribution in [0.25, 0.3) is 11.5 Å². The number of hydrogen-bond acceptors (Lipinski definition) is 6. The van der Waals surface area contributed by atoms with Gasteiger partial charge in [-0.3, -0.25) is 5.10 Å². The number of anilines is 1. The number of nitrogens with one attached hydrogen (secondary N) is 1. The number of rotatable bonds is 4. The number of hydrogen-bond donors (Lipinski definition) is 2. The number of nitrogens with two attached hydrogens (primary N) is 1. The van der Waals surface area contributed by atoms with Crippen LogP contribution in [0.5, 0.6) is 0 Å². The highest BCUT2D eigenvalue weighted by Gasteiger charge is 2.38. The third-order valence-corrected chi connectivity index (χ3v) is 4.06. The molecule has 1 aliphatic rings. The van der Waals surface area contributed by atoms with Crippen molar-refractivity contribution in [1.29, 1.82) is 0 Å². The smallest absolute Gasteiger partial charge is 0.263 e. The molecule has 0 aliphatic heterocycles. The monoisotopic (exact) mass is 291 g/mol. The Hall–Kier alpha value is -1.89. The van der Waals surface area contributed by atoms with E-state index in [4.69, 9.17) is 15.0 Å². The second-order valence-corrected chi connectivity index (χ2v) is 5.46. The fourth-order valence-corrected chi connectivity index (χ4v) is 2.99. The van der Waals surface area contributed by atoms with Crippen molar-refractivity contribution in [2.75, 3.05) is 12.3 Å². The molecule has 0 unspecified atom stereocenters. The molecule has 7 heteroatoms. The standard InChI is InChI=1S/C14H21N5O2/c1-2-20-14(7-5-3-4-6-8-14)13-17-12(21-19-13)10-9-16-18-11(10)15/h9H,2-8H2,1H3,(H3,15,16,18). The molecule has 1 aliphatic carbocycles. The molecule has 3 rings (SSSR count). The summed E-state index contributed by atoms with van der Waals surface area (Å²) in [5.74, 6) is 1.44. The third kappa shape index (κ3) is 2.65. The first kappa shape index (κ1) is 14.1. The van der Waals surface area contributed by atoms with Gasteiger partial charge in [-0.15, -0.1) is 0 Å². The van der Waals surface area contributed by atoms with Gasteiger partial charge in [0, 0.05) is 6.61 Å². The number of aromatic nitrogens is 4. The van der Waals surface area contributed by atoms with Crippen LogP contribution in [0.1, 0.15) is 51.3 Å². The molecule has 0 bridgehead atoms. The van der Waals surface area contributed by atoms with E-state index < -0.39 is 5.60 Å². The first-order chi connectivity index (χ1) is 10.2. The molecular formula is C14H21N5O2. The van der Waals surface area contributed by atoms with Gasteiger partial charge in [-0.05, 0) is 19.8 Å². The van der Waals surface area contributed by atoms with Crippen LogP contribution in [0.4, 0.5) is 5.82 Å². The van der Waals surface area contributed by atoms with Crippen molar-refractivity contribution in [3.63, 3.8) is 0 Å². The molecule has 0 spiro atoms. The quantitative estimate of drug-likeness (QED) is 0.839. The first-order valence-corrected chi connectivity index (χ1v) is 7.52. The summed E-state index contributed by atoms with van der Waals surface area (Å²) >= 11 is 0. The highest BCUT2D eigenvalue weighted by atomic mass is 16.5. The summed E-state index contributed by atoms with van der Waals surface area (Å²) < 4.78 is 11.4. The van der Waals surface area contributed by atoms with Crippen LogP contribution in [0, 0.1) is 0 Å². The van der Waals surface area contributed by atoms with Gasteiger partial charge in [0.25, 0.3) is 5.89 Å². The van der Waals surface area contributed by atoms with E-state index in [-0.39, 0.29) is 0 Å². The second-order valence-electron chi connectivity index (χ2n) is 5.46. The average Bonchev–Trinajstić information content (AvgIpc) is 3.05. The summed E-state index contributed by atoms with van der Waals surface area (Å²) in [5.41, 5.74) is 6.01. The van der Waals surface area contributed by atoms with E-state index in [0.29, 0.717) is 29.7 Å². The number of aromatic amines is 1. The minimum absolute atomic E-state index is 0.388. The lowest BCUT2D eigenvalue weighted by Gasteiger charge is -2.29. The van der Waals surface area contributed by atoms with Crippen LogP contribution in [0.2, 0.25) is 0 Å². The van der Waals surface area contributed by atoms with Crippen molar-refractivity contribution >= 4 is 5.82 Å². The number of ether oxygens (including phenoxy) is 1. The highest BCUT2D eigenvalue weighted by Crippen LogP contribution is 2.38. The van der Waals surface area contributed by atoms with E-state index in [9.17, 15) is 0 Å². The second kappa shape index (κ2) is 5.85. The van der Waals surface area contributed by atoms with E-state index in [0.717, 1.165) is 25.7 Å². The van der Waals surface area contributed by atoms with Crippen molar-refractivity contribution in [2.24, 2.45) is 0 Å². The fourth-order valence-electron chi connectivity index (χ4n) is 2.99. The van der Waals surface area contributed by atoms with E-state index in [1.807, 2.05) is 6.92 Å². The molecule has 7 nitrogen and oxygen atoms in total. The van der Waals surface area contributed by atoms with Gasteiger partial charge in [-0.1, -0.05) is 30.8 Å². The Kier molecular flexibility index (Phi) is 3.92. The van der Waals surface area contributed by atoms with Crippen molar-refractivity contribution < 1.29 is 9.26 Å². The summed E-state index contributed by atoms with van der Waals surface area (Å²) in [6.45, 7) is 2.64. The Morgan fingerprint density at radius 3 is 2.71 bits per heavy atom. The molecule has 0 saturated heterocycles. The van der Waals surface area contributed by atoms with Gasteiger partial charge < -0.3 is 15.0 Å². The maximum Gasteiger partial charge on any atom is 0.263 e. The molecule has 114 valence electrons. The maximum atomic E-state index is 6.06. The number of nitrogens with zero attached hydrogens (tertiary/aromatic N) is 3. The summed E-state index contributed by atoms with van der Waals surface area (Å²) in [4.78, 5) is 4.53. The molecule has 0 radical (unpaired) electrons. The molecule has 0 aromatic carbocycles. The first-order valence-electron chi connectivity index (χ1n) is 7.52. The zero-order valence-electron chi connectivity index (χ0n) is 12.3. The van der Waals surface area contributed by atoms with Crippen molar-refractivity contribution in [1.82, 2.24) is 20.3 Å². The summed E-state index contributed by atoms with van der Waals surface area (Å²) in [6, 6.07) is 0. The lowest BCUT2D eigenvalue weighted by molar-refractivity contribution is -0.0636.